The van der Waals surface area contributed by atoms with Gasteiger partial charge in [0.1, 0.15) is 0 Å². The Morgan fingerprint density at radius 3 is 2.30 bits per heavy atom. The van der Waals surface area contributed by atoms with Gasteiger partial charge in [0.05, 0.1) is 6.54 Å². The molecule has 3 N–H and O–H groups in total. The molecule has 1 fully saturated rings. The van der Waals surface area contributed by atoms with E-state index in [0.717, 1.165) is 51.4 Å². The number of pyridine rings is 1. The van der Waals surface area contributed by atoms with Gasteiger partial charge in [-0.25, -0.2) is 4.99 Å². The second-order valence-electron chi connectivity index (χ2n) is 8.07. The van der Waals surface area contributed by atoms with Gasteiger partial charge in [-0.1, -0.05) is 48.5 Å². The van der Waals surface area contributed by atoms with Gasteiger partial charge in [0, 0.05) is 63.3 Å². The summed E-state index contributed by atoms with van der Waals surface area (Å²) >= 11 is 0. The Kier molecular flexibility index (Phi) is 9.96. The summed E-state index contributed by atoms with van der Waals surface area (Å²) in [5, 5.41) is 3.19. The smallest absolute Gasteiger partial charge is 0.188 e. The van der Waals surface area contributed by atoms with Gasteiger partial charge in [-0.15, -0.1) is 24.0 Å². The van der Waals surface area contributed by atoms with E-state index in [4.69, 9.17) is 5.73 Å². The van der Waals surface area contributed by atoms with E-state index in [1.54, 1.807) is 0 Å². The lowest BCUT2D eigenvalue weighted by Gasteiger charge is -2.36. The molecule has 0 bridgehead atoms. The molecule has 3 aromatic rings. The summed E-state index contributed by atoms with van der Waals surface area (Å²) in [5.74, 6) is 0.479. The highest BCUT2D eigenvalue weighted by atomic mass is 127. The minimum atomic E-state index is 0. The van der Waals surface area contributed by atoms with Crippen molar-refractivity contribution in [3.8, 4) is 0 Å². The van der Waals surface area contributed by atoms with Crippen LogP contribution in [0.3, 0.4) is 0 Å². The fourth-order valence-corrected chi connectivity index (χ4v) is 4.00. The largest absolute Gasteiger partial charge is 0.370 e. The van der Waals surface area contributed by atoms with Crippen LogP contribution in [0.4, 0.5) is 5.69 Å². The highest BCUT2D eigenvalue weighted by molar-refractivity contribution is 14.0. The molecule has 6 nitrogen and oxygen atoms in total. The standard InChI is InChI=1S/C26H32N6.HI/c27-26(29-15-13-24-10-6-7-14-28-24)30-20-22-8-4-5-9-23(22)21-31-16-18-32(19-17-31)25-11-2-1-3-12-25;/h1-12,14H,13,15-21H2,(H3,27,29,30);1H. The molecule has 2 heterocycles. The van der Waals surface area contributed by atoms with Gasteiger partial charge in [-0.05, 0) is 35.4 Å². The SMILES string of the molecule is I.NC(=NCc1ccccc1CN1CCN(c2ccccc2)CC1)NCCc1ccccn1. The molecule has 2 aromatic carbocycles. The van der Waals surface area contributed by atoms with Gasteiger partial charge in [0.25, 0.3) is 0 Å². The normalized spacial score (nSPS) is 14.5. The zero-order chi connectivity index (χ0) is 22.0. The number of anilines is 1. The summed E-state index contributed by atoms with van der Waals surface area (Å²) in [6, 6.07) is 25.2. The molecule has 1 saturated heterocycles. The monoisotopic (exact) mass is 556 g/mol. The lowest BCUT2D eigenvalue weighted by atomic mass is 10.1. The van der Waals surface area contributed by atoms with E-state index in [2.05, 4.69) is 79.7 Å². The third-order valence-electron chi connectivity index (χ3n) is 5.84. The van der Waals surface area contributed by atoms with Crippen LogP contribution in [0.15, 0.2) is 84.0 Å². The minimum absolute atomic E-state index is 0. The number of hydrogen-bond donors (Lipinski definition) is 2. The van der Waals surface area contributed by atoms with Crippen LogP contribution in [0.2, 0.25) is 0 Å². The Labute approximate surface area is 213 Å². The number of nitrogens with two attached hydrogens (primary N) is 1. The summed E-state index contributed by atoms with van der Waals surface area (Å²) in [5.41, 5.74) is 11.0. The molecule has 7 heteroatoms. The number of nitrogens with zero attached hydrogens (tertiary/aromatic N) is 4. The van der Waals surface area contributed by atoms with Gasteiger partial charge in [0.2, 0.25) is 0 Å². The van der Waals surface area contributed by atoms with E-state index in [1.165, 1.54) is 16.8 Å². The van der Waals surface area contributed by atoms with Crippen LogP contribution in [0, 0.1) is 0 Å². The number of para-hydroxylation sites is 1. The highest BCUT2D eigenvalue weighted by Gasteiger charge is 2.18. The first-order chi connectivity index (χ1) is 15.8. The lowest BCUT2D eigenvalue weighted by Crippen LogP contribution is -2.46. The number of halogens is 1. The topological polar surface area (TPSA) is 69.8 Å². The first kappa shape index (κ1) is 25.0. The summed E-state index contributed by atoms with van der Waals surface area (Å²) in [6.07, 6.45) is 2.63. The number of rotatable bonds is 8. The molecule has 1 aliphatic heterocycles. The Balaban J connectivity index is 0.00000306. The zero-order valence-electron chi connectivity index (χ0n) is 18.9. The van der Waals surface area contributed by atoms with Crippen molar-refractivity contribution in [3.05, 3.63) is 95.8 Å². The van der Waals surface area contributed by atoms with Crippen molar-refractivity contribution in [1.29, 1.82) is 0 Å². The average Bonchev–Trinajstić information content (AvgIpc) is 2.85. The summed E-state index contributed by atoms with van der Waals surface area (Å²) in [4.78, 5) is 13.9. The number of nitrogens with one attached hydrogen (secondary N) is 1. The van der Waals surface area contributed by atoms with Crippen molar-refractivity contribution in [2.45, 2.75) is 19.5 Å². The Bertz CT molecular complexity index is 988. The Hall–Kier alpha value is -2.65. The number of hydrogen-bond acceptors (Lipinski definition) is 4. The number of benzene rings is 2. The molecule has 0 aliphatic carbocycles. The van der Waals surface area contributed by atoms with E-state index in [-0.39, 0.29) is 24.0 Å². The molecular formula is C26H33IN6. The Morgan fingerprint density at radius 1 is 0.879 bits per heavy atom. The predicted octanol–water partition coefficient (Wildman–Crippen LogP) is 3.67. The number of aromatic nitrogens is 1. The molecular weight excluding hydrogens is 523 g/mol. The van der Waals surface area contributed by atoms with Gasteiger partial charge in [-0.3, -0.25) is 9.88 Å². The fourth-order valence-electron chi connectivity index (χ4n) is 4.00. The third-order valence-corrected chi connectivity index (χ3v) is 5.84. The zero-order valence-corrected chi connectivity index (χ0v) is 21.3. The maximum Gasteiger partial charge on any atom is 0.188 e. The van der Waals surface area contributed by atoms with E-state index in [0.29, 0.717) is 12.5 Å². The van der Waals surface area contributed by atoms with Gasteiger partial charge < -0.3 is 16.0 Å². The molecule has 1 aliphatic rings. The highest BCUT2D eigenvalue weighted by Crippen LogP contribution is 2.18. The number of aliphatic imine (C=N–C) groups is 1. The second kappa shape index (κ2) is 13.2. The number of guanidine groups is 1. The van der Waals surface area contributed by atoms with Crippen molar-refractivity contribution in [2.24, 2.45) is 10.7 Å². The molecule has 0 unspecified atom stereocenters. The molecule has 4 rings (SSSR count). The molecule has 174 valence electrons. The van der Waals surface area contributed by atoms with Crippen molar-refractivity contribution in [3.63, 3.8) is 0 Å². The van der Waals surface area contributed by atoms with Crippen LogP contribution in [0.1, 0.15) is 16.8 Å². The van der Waals surface area contributed by atoms with Gasteiger partial charge >= 0.3 is 0 Å². The van der Waals surface area contributed by atoms with Gasteiger partial charge in [0.15, 0.2) is 5.96 Å². The molecule has 33 heavy (non-hydrogen) atoms. The first-order valence-corrected chi connectivity index (χ1v) is 11.3. The minimum Gasteiger partial charge on any atom is -0.370 e. The molecule has 0 saturated carbocycles. The third kappa shape index (κ3) is 7.71. The Morgan fingerprint density at radius 2 is 1.58 bits per heavy atom. The van der Waals surface area contributed by atoms with E-state index in [9.17, 15) is 0 Å². The predicted molar refractivity (Wildman–Crippen MR) is 147 cm³/mol. The van der Waals surface area contributed by atoms with Crippen LogP contribution < -0.4 is 16.0 Å². The second-order valence-corrected chi connectivity index (χ2v) is 8.07. The van der Waals surface area contributed by atoms with Crippen molar-refractivity contribution >= 4 is 35.6 Å². The van der Waals surface area contributed by atoms with Crippen LogP contribution in [-0.2, 0) is 19.5 Å². The van der Waals surface area contributed by atoms with Crippen LogP contribution >= 0.6 is 24.0 Å². The van der Waals surface area contributed by atoms with Gasteiger partial charge in [-0.2, -0.15) is 0 Å². The van der Waals surface area contributed by atoms with E-state index >= 15 is 0 Å². The van der Waals surface area contributed by atoms with Crippen molar-refractivity contribution < 1.29 is 0 Å². The maximum atomic E-state index is 6.09. The summed E-state index contributed by atoms with van der Waals surface area (Å²) < 4.78 is 0. The maximum absolute atomic E-state index is 6.09. The summed E-state index contributed by atoms with van der Waals surface area (Å²) in [7, 11) is 0. The van der Waals surface area contributed by atoms with Crippen LogP contribution in [0.25, 0.3) is 0 Å². The molecule has 0 spiro atoms. The van der Waals surface area contributed by atoms with E-state index < -0.39 is 0 Å². The van der Waals surface area contributed by atoms with E-state index in [1.807, 2.05) is 24.4 Å². The lowest BCUT2D eigenvalue weighted by molar-refractivity contribution is 0.249. The molecule has 0 amide bonds. The average molecular weight is 556 g/mol. The quantitative estimate of drug-likeness (QED) is 0.252. The molecule has 1 aromatic heterocycles. The first-order valence-electron chi connectivity index (χ1n) is 11.3. The van der Waals surface area contributed by atoms with Crippen molar-refractivity contribution in [1.82, 2.24) is 15.2 Å². The van der Waals surface area contributed by atoms with Crippen LogP contribution in [0.5, 0.6) is 0 Å². The summed E-state index contributed by atoms with van der Waals surface area (Å²) in [6.45, 7) is 6.48. The van der Waals surface area contributed by atoms with Crippen LogP contribution in [-0.4, -0.2) is 48.6 Å². The number of piperazine rings is 1. The van der Waals surface area contributed by atoms with Crippen molar-refractivity contribution in [2.75, 3.05) is 37.6 Å². The molecule has 0 atom stereocenters. The fraction of sp³-hybridized carbons (Fsp3) is 0.308. The molecule has 0 radical (unpaired) electrons.